The fourth-order valence-corrected chi connectivity index (χ4v) is 3.58. The Kier molecular flexibility index (Phi) is 3.56. The van der Waals surface area contributed by atoms with Gasteiger partial charge in [0.2, 0.25) is 5.91 Å². The van der Waals surface area contributed by atoms with Gasteiger partial charge in [-0.2, -0.15) is 0 Å². The van der Waals surface area contributed by atoms with Crippen LogP contribution in [0.15, 0.2) is 24.3 Å². The molecule has 0 saturated carbocycles. The molecule has 0 aliphatic carbocycles. The molecule has 116 valence electrons. The third kappa shape index (κ3) is 2.14. The summed E-state index contributed by atoms with van der Waals surface area (Å²) in [5.74, 6) is -2.60. The second kappa shape index (κ2) is 5.28. The van der Waals surface area contributed by atoms with Gasteiger partial charge in [0.15, 0.2) is 0 Å². The Morgan fingerprint density at radius 1 is 1.45 bits per heavy atom. The van der Waals surface area contributed by atoms with Crippen LogP contribution in [0, 0.1) is 5.82 Å². The SMILES string of the molecule is Nc1ccc(Cl)c(F)c1C1CC(C(=O)O)N2C(=O)C=CCC12. The van der Waals surface area contributed by atoms with Crippen molar-refractivity contribution in [3.63, 3.8) is 0 Å². The van der Waals surface area contributed by atoms with E-state index in [1.807, 2.05) is 0 Å². The average Bonchev–Trinajstić information content (AvgIpc) is 2.85. The largest absolute Gasteiger partial charge is 0.480 e. The Balaban J connectivity index is 2.09. The standard InChI is InChI=1S/C15H14ClFN2O3/c16-8-4-5-9(18)13(14(8)17)7-6-11(15(21)22)19-10(7)2-1-3-12(19)20/h1,3-5,7,10-11H,2,6,18H2,(H,21,22). The van der Waals surface area contributed by atoms with Crippen LogP contribution in [0.25, 0.3) is 0 Å². The molecule has 2 aliphatic heterocycles. The van der Waals surface area contributed by atoms with Gasteiger partial charge in [-0.3, -0.25) is 4.79 Å². The van der Waals surface area contributed by atoms with Crippen LogP contribution in [-0.4, -0.2) is 34.0 Å². The van der Waals surface area contributed by atoms with Gasteiger partial charge in [-0.1, -0.05) is 17.7 Å². The zero-order chi connectivity index (χ0) is 16.0. The molecule has 3 N–H and O–H groups in total. The van der Waals surface area contributed by atoms with E-state index in [1.165, 1.54) is 23.1 Å². The van der Waals surface area contributed by atoms with Gasteiger partial charge in [-0.05, 0) is 31.1 Å². The van der Waals surface area contributed by atoms with Crippen LogP contribution in [0.5, 0.6) is 0 Å². The summed E-state index contributed by atoms with van der Waals surface area (Å²) in [5.41, 5.74) is 6.31. The Labute approximate surface area is 131 Å². The van der Waals surface area contributed by atoms with Gasteiger partial charge < -0.3 is 15.7 Å². The smallest absolute Gasteiger partial charge is 0.326 e. The molecule has 0 spiro atoms. The monoisotopic (exact) mass is 324 g/mol. The van der Waals surface area contributed by atoms with Crippen LogP contribution >= 0.6 is 11.6 Å². The second-order valence-electron chi connectivity index (χ2n) is 5.51. The highest BCUT2D eigenvalue weighted by Gasteiger charge is 2.48. The van der Waals surface area contributed by atoms with Gasteiger partial charge in [0, 0.05) is 23.2 Å². The maximum atomic E-state index is 14.4. The first-order valence-electron chi connectivity index (χ1n) is 6.86. The van der Waals surface area contributed by atoms with Crippen molar-refractivity contribution in [3.05, 3.63) is 40.7 Å². The maximum Gasteiger partial charge on any atom is 0.326 e. The van der Waals surface area contributed by atoms with Gasteiger partial charge in [0.05, 0.1) is 5.02 Å². The third-order valence-corrected chi connectivity index (χ3v) is 4.64. The molecule has 2 heterocycles. The number of nitrogens with two attached hydrogens (primary N) is 1. The molecule has 3 rings (SSSR count). The van der Waals surface area contributed by atoms with Crippen molar-refractivity contribution in [3.8, 4) is 0 Å². The number of hydrogen-bond donors (Lipinski definition) is 2. The average molecular weight is 325 g/mol. The summed E-state index contributed by atoms with van der Waals surface area (Å²) in [6.45, 7) is 0. The van der Waals surface area contributed by atoms with Crippen LogP contribution in [0.3, 0.4) is 0 Å². The zero-order valence-corrected chi connectivity index (χ0v) is 12.3. The molecule has 22 heavy (non-hydrogen) atoms. The first-order chi connectivity index (χ1) is 10.4. The number of benzene rings is 1. The number of carbonyl (C=O) groups excluding carboxylic acids is 1. The maximum absolute atomic E-state index is 14.4. The number of aliphatic carboxylic acids is 1. The number of hydrogen-bond acceptors (Lipinski definition) is 3. The molecule has 1 amide bonds. The number of carboxylic acid groups (broad SMARTS) is 1. The van der Waals surface area contributed by atoms with E-state index in [2.05, 4.69) is 0 Å². The molecule has 1 aromatic carbocycles. The van der Waals surface area contributed by atoms with Crippen molar-refractivity contribution in [1.82, 2.24) is 4.90 Å². The lowest BCUT2D eigenvalue weighted by molar-refractivity contribution is -0.148. The summed E-state index contributed by atoms with van der Waals surface area (Å²) in [6, 6.07) is 1.46. The van der Waals surface area contributed by atoms with Gasteiger partial charge in [-0.15, -0.1) is 0 Å². The van der Waals surface area contributed by atoms with Crippen LogP contribution < -0.4 is 5.73 Å². The van der Waals surface area contributed by atoms with Crippen LogP contribution in [-0.2, 0) is 9.59 Å². The Hall–Kier alpha value is -2.08. The topological polar surface area (TPSA) is 83.6 Å². The molecule has 7 heteroatoms. The second-order valence-corrected chi connectivity index (χ2v) is 5.92. The lowest BCUT2D eigenvalue weighted by atomic mass is 9.87. The molecule has 3 atom stereocenters. The fourth-order valence-electron chi connectivity index (χ4n) is 3.41. The van der Waals surface area contributed by atoms with E-state index in [-0.39, 0.29) is 28.6 Å². The van der Waals surface area contributed by atoms with E-state index in [9.17, 15) is 19.1 Å². The fraction of sp³-hybridized carbons (Fsp3) is 0.333. The third-order valence-electron chi connectivity index (χ3n) is 4.35. The van der Waals surface area contributed by atoms with Crippen LogP contribution in [0.2, 0.25) is 5.02 Å². The van der Waals surface area contributed by atoms with E-state index in [1.54, 1.807) is 6.08 Å². The van der Waals surface area contributed by atoms with E-state index in [0.717, 1.165) is 0 Å². The first kappa shape index (κ1) is 14.8. The van der Waals surface area contributed by atoms with Crippen LogP contribution in [0.4, 0.5) is 10.1 Å². The summed E-state index contributed by atoms with van der Waals surface area (Å²) < 4.78 is 14.4. The molecule has 0 radical (unpaired) electrons. The molecule has 0 bridgehead atoms. The minimum atomic E-state index is -1.10. The molecule has 1 fully saturated rings. The van der Waals surface area contributed by atoms with E-state index >= 15 is 0 Å². The molecular formula is C15H14ClFN2O3. The lowest BCUT2D eigenvalue weighted by Gasteiger charge is -2.31. The van der Waals surface area contributed by atoms with E-state index in [4.69, 9.17) is 17.3 Å². The number of halogens is 2. The number of carboxylic acids is 1. The van der Waals surface area contributed by atoms with Crippen molar-refractivity contribution in [2.75, 3.05) is 5.73 Å². The van der Waals surface area contributed by atoms with Gasteiger partial charge in [0.1, 0.15) is 11.9 Å². The summed E-state index contributed by atoms with van der Waals surface area (Å²) >= 11 is 5.83. The number of rotatable bonds is 2. The first-order valence-corrected chi connectivity index (χ1v) is 7.24. The van der Waals surface area contributed by atoms with Gasteiger partial charge in [0.25, 0.3) is 0 Å². The van der Waals surface area contributed by atoms with Crippen molar-refractivity contribution >= 4 is 29.2 Å². The number of fused-ring (bicyclic) bond motifs is 1. The molecular weight excluding hydrogens is 311 g/mol. The number of nitrogens with zero attached hydrogens (tertiary/aromatic N) is 1. The predicted octanol–water partition coefficient (Wildman–Crippen LogP) is 2.16. The number of amides is 1. The lowest BCUT2D eigenvalue weighted by Crippen LogP contribution is -2.46. The van der Waals surface area contributed by atoms with E-state index < -0.39 is 29.8 Å². The quantitative estimate of drug-likeness (QED) is 0.817. The van der Waals surface area contributed by atoms with Crippen LogP contribution in [0.1, 0.15) is 24.3 Å². The van der Waals surface area contributed by atoms with Gasteiger partial charge >= 0.3 is 5.97 Å². The highest BCUT2D eigenvalue weighted by atomic mass is 35.5. The minimum Gasteiger partial charge on any atom is -0.480 e. The van der Waals surface area contributed by atoms with Crippen molar-refractivity contribution in [2.24, 2.45) is 0 Å². The number of carbonyl (C=O) groups is 2. The summed E-state index contributed by atoms with van der Waals surface area (Å²) in [6.07, 6.45) is 3.62. The van der Waals surface area contributed by atoms with Crippen molar-refractivity contribution in [2.45, 2.75) is 30.8 Å². The number of anilines is 1. The predicted molar refractivity (Wildman–Crippen MR) is 79.0 cm³/mol. The highest BCUT2D eigenvalue weighted by molar-refractivity contribution is 6.30. The Morgan fingerprint density at radius 3 is 2.86 bits per heavy atom. The number of nitrogen functional groups attached to an aromatic ring is 1. The molecule has 3 unspecified atom stereocenters. The molecule has 0 aromatic heterocycles. The minimum absolute atomic E-state index is 0.0628. The van der Waals surface area contributed by atoms with Crippen molar-refractivity contribution < 1.29 is 19.1 Å². The summed E-state index contributed by atoms with van der Waals surface area (Å²) in [4.78, 5) is 24.8. The molecule has 2 aliphatic rings. The van der Waals surface area contributed by atoms with Crippen molar-refractivity contribution in [1.29, 1.82) is 0 Å². The summed E-state index contributed by atoms with van der Waals surface area (Å²) in [7, 11) is 0. The Bertz CT molecular complexity index is 692. The molecule has 5 nitrogen and oxygen atoms in total. The highest BCUT2D eigenvalue weighted by Crippen LogP contribution is 2.44. The zero-order valence-electron chi connectivity index (χ0n) is 11.5. The molecule has 1 aromatic rings. The summed E-state index contributed by atoms with van der Waals surface area (Å²) in [5, 5.41) is 9.30. The Morgan fingerprint density at radius 2 is 2.18 bits per heavy atom. The van der Waals surface area contributed by atoms with Gasteiger partial charge in [-0.25, -0.2) is 9.18 Å². The molecule has 1 saturated heterocycles. The normalized spacial score (nSPS) is 27.1. The van der Waals surface area contributed by atoms with E-state index in [0.29, 0.717) is 6.42 Å².